The molecule has 2 rings (SSSR count). The summed E-state index contributed by atoms with van der Waals surface area (Å²) < 4.78 is 0. The molecular formula is C15H21N3. The van der Waals surface area contributed by atoms with Crippen LogP contribution in [0.15, 0.2) is 24.3 Å². The highest BCUT2D eigenvalue weighted by atomic mass is 15.1. The Kier molecular flexibility index (Phi) is 4.03. The molecule has 96 valence electrons. The van der Waals surface area contributed by atoms with Gasteiger partial charge in [-0.2, -0.15) is 0 Å². The molecule has 0 atom stereocenters. The Morgan fingerprint density at radius 2 is 1.78 bits per heavy atom. The first kappa shape index (κ1) is 12.7. The lowest BCUT2D eigenvalue weighted by atomic mass is 10.0. The average Bonchev–Trinajstić information content (AvgIpc) is 2.77. The van der Waals surface area contributed by atoms with Crippen molar-refractivity contribution in [1.29, 1.82) is 0 Å². The predicted octanol–water partition coefficient (Wildman–Crippen LogP) is 3.11. The number of nitrogens with zero attached hydrogens (tertiary/aromatic N) is 1. The third kappa shape index (κ3) is 2.92. The summed E-state index contributed by atoms with van der Waals surface area (Å²) in [6, 6.07) is 8.87. The minimum Gasteiger partial charge on any atom is -0.359 e. The summed E-state index contributed by atoms with van der Waals surface area (Å²) >= 11 is 0. The number of hydrogen-bond acceptors (Lipinski definition) is 2. The van der Waals surface area contributed by atoms with Crippen LogP contribution < -0.4 is 5.32 Å². The summed E-state index contributed by atoms with van der Waals surface area (Å²) in [5, 5.41) is 3.03. The molecule has 0 fully saturated rings. The lowest BCUT2D eigenvalue weighted by molar-refractivity contribution is 0.912. The van der Waals surface area contributed by atoms with E-state index in [2.05, 4.69) is 53.4 Å². The number of hydrogen-bond donors (Lipinski definition) is 2. The van der Waals surface area contributed by atoms with Crippen molar-refractivity contribution in [2.24, 2.45) is 0 Å². The summed E-state index contributed by atoms with van der Waals surface area (Å²) in [4.78, 5) is 7.74. The summed E-state index contributed by atoms with van der Waals surface area (Å²) in [5.74, 6) is 0.851. The number of anilines is 1. The number of benzene rings is 1. The summed E-state index contributed by atoms with van der Waals surface area (Å²) in [7, 11) is 1.88. The van der Waals surface area contributed by atoms with Gasteiger partial charge < -0.3 is 10.3 Å². The molecule has 18 heavy (non-hydrogen) atoms. The van der Waals surface area contributed by atoms with Gasteiger partial charge in [0.1, 0.15) is 0 Å². The molecule has 0 spiro atoms. The van der Waals surface area contributed by atoms with Crippen LogP contribution in [0.4, 0.5) is 5.95 Å². The Morgan fingerprint density at radius 1 is 1.11 bits per heavy atom. The Labute approximate surface area is 109 Å². The number of aromatic amines is 1. The van der Waals surface area contributed by atoms with Gasteiger partial charge in [-0.15, -0.1) is 0 Å². The smallest absolute Gasteiger partial charge is 0.200 e. The van der Waals surface area contributed by atoms with Crippen LogP contribution in [0.2, 0.25) is 0 Å². The van der Waals surface area contributed by atoms with Crippen LogP contribution in [-0.2, 0) is 19.3 Å². The molecule has 0 aliphatic carbocycles. The first-order chi connectivity index (χ1) is 8.72. The van der Waals surface area contributed by atoms with Crippen molar-refractivity contribution in [3.63, 3.8) is 0 Å². The molecule has 0 amide bonds. The van der Waals surface area contributed by atoms with Gasteiger partial charge in [0.05, 0.1) is 5.69 Å². The fraction of sp³-hybridized carbons (Fsp3) is 0.400. The molecule has 2 aromatic rings. The van der Waals surface area contributed by atoms with E-state index in [4.69, 9.17) is 0 Å². The van der Waals surface area contributed by atoms with Crippen molar-refractivity contribution in [2.45, 2.75) is 33.1 Å². The first-order valence-corrected chi connectivity index (χ1v) is 6.54. The van der Waals surface area contributed by atoms with E-state index >= 15 is 0 Å². The minimum absolute atomic E-state index is 0.851. The van der Waals surface area contributed by atoms with Crippen molar-refractivity contribution in [3.05, 3.63) is 46.8 Å². The van der Waals surface area contributed by atoms with Crippen molar-refractivity contribution >= 4 is 5.95 Å². The fourth-order valence-electron chi connectivity index (χ4n) is 2.06. The van der Waals surface area contributed by atoms with Gasteiger partial charge in [0.15, 0.2) is 5.95 Å². The van der Waals surface area contributed by atoms with E-state index in [-0.39, 0.29) is 0 Å². The van der Waals surface area contributed by atoms with Crippen molar-refractivity contribution in [1.82, 2.24) is 9.97 Å². The van der Waals surface area contributed by atoms with Gasteiger partial charge in [0.25, 0.3) is 0 Å². The Balaban J connectivity index is 1.99. The summed E-state index contributed by atoms with van der Waals surface area (Å²) in [6.07, 6.45) is 3.12. The van der Waals surface area contributed by atoms with Gasteiger partial charge in [0.2, 0.25) is 0 Å². The topological polar surface area (TPSA) is 40.7 Å². The summed E-state index contributed by atoms with van der Waals surface area (Å²) in [6.45, 7) is 4.25. The van der Waals surface area contributed by atoms with Crippen molar-refractivity contribution in [2.75, 3.05) is 12.4 Å². The van der Waals surface area contributed by atoms with Crippen LogP contribution in [0.5, 0.6) is 0 Å². The molecule has 0 aliphatic heterocycles. The zero-order valence-electron chi connectivity index (χ0n) is 11.4. The highest BCUT2D eigenvalue weighted by Gasteiger charge is 2.05. The largest absolute Gasteiger partial charge is 0.359 e. The predicted molar refractivity (Wildman–Crippen MR) is 76.1 cm³/mol. The first-order valence-electron chi connectivity index (χ1n) is 6.54. The SMILES string of the molecule is CCc1ccc(CCc2nc(NC)[nH]c2C)cc1. The number of nitrogens with one attached hydrogen (secondary N) is 2. The molecular weight excluding hydrogens is 222 g/mol. The van der Waals surface area contributed by atoms with Gasteiger partial charge in [0, 0.05) is 12.7 Å². The summed E-state index contributed by atoms with van der Waals surface area (Å²) in [5.41, 5.74) is 5.08. The quantitative estimate of drug-likeness (QED) is 0.847. The van der Waals surface area contributed by atoms with Gasteiger partial charge in [-0.1, -0.05) is 31.2 Å². The van der Waals surface area contributed by atoms with Crippen LogP contribution >= 0.6 is 0 Å². The van der Waals surface area contributed by atoms with Gasteiger partial charge in [-0.25, -0.2) is 4.98 Å². The highest BCUT2D eigenvalue weighted by Crippen LogP contribution is 2.13. The third-order valence-corrected chi connectivity index (χ3v) is 3.30. The molecule has 0 aliphatic rings. The Bertz CT molecular complexity index is 497. The molecule has 0 saturated carbocycles. The van der Waals surface area contributed by atoms with Crippen molar-refractivity contribution < 1.29 is 0 Å². The maximum absolute atomic E-state index is 4.51. The lowest BCUT2D eigenvalue weighted by Gasteiger charge is -2.02. The second-order valence-corrected chi connectivity index (χ2v) is 4.58. The van der Waals surface area contributed by atoms with E-state index in [1.807, 2.05) is 7.05 Å². The fourth-order valence-corrected chi connectivity index (χ4v) is 2.06. The van der Waals surface area contributed by atoms with Crippen LogP contribution in [0.1, 0.15) is 29.4 Å². The lowest BCUT2D eigenvalue weighted by Crippen LogP contribution is -1.95. The van der Waals surface area contributed by atoms with Gasteiger partial charge in [-0.05, 0) is 37.3 Å². The van der Waals surface area contributed by atoms with Crippen molar-refractivity contribution in [3.8, 4) is 0 Å². The Morgan fingerprint density at radius 3 is 2.33 bits per heavy atom. The molecule has 3 nitrogen and oxygen atoms in total. The maximum Gasteiger partial charge on any atom is 0.200 e. The second kappa shape index (κ2) is 5.71. The van der Waals surface area contributed by atoms with Gasteiger partial charge >= 0.3 is 0 Å². The Hall–Kier alpha value is -1.77. The van der Waals surface area contributed by atoms with Crippen LogP contribution in [0, 0.1) is 6.92 Å². The van der Waals surface area contributed by atoms with E-state index in [0.29, 0.717) is 0 Å². The molecule has 0 bridgehead atoms. The molecule has 1 heterocycles. The van der Waals surface area contributed by atoms with Crippen LogP contribution in [0.3, 0.4) is 0 Å². The number of imidazole rings is 1. The molecule has 1 aromatic carbocycles. The number of H-pyrrole nitrogens is 1. The van der Waals surface area contributed by atoms with E-state index in [1.165, 1.54) is 11.1 Å². The normalized spacial score (nSPS) is 10.6. The van der Waals surface area contributed by atoms with E-state index in [9.17, 15) is 0 Å². The number of aromatic nitrogens is 2. The second-order valence-electron chi connectivity index (χ2n) is 4.58. The third-order valence-electron chi connectivity index (χ3n) is 3.30. The number of aryl methyl sites for hydroxylation is 4. The van der Waals surface area contributed by atoms with E-state index < -0.39 is 0 Å². The van der Waals surface area contributed by atoms with E-state index in [0.717, 1.165) is 36.6 Å². The van der Waals surface area contributed by atoms with Crippen LogP contribution in [0.25, 0.3) is 0 Å². The maximum atomic E-state index is 4.51. The molecule has 2 N–H and O–H groups in total. The molecule has 3 heteroatoms. The molecule has 1 aromatic heterocycles. The average molecular weight is 243 g/mol. The molecule has 0 radical (unpaired) electrons. The molecule has 0 unspecified atom stereocenters. The molecule has 0 saturated heterocycles. The standard InChI is InChI=1S/C15H21N3/c1-4-12-5-7-13(8-6-12)9-10-14-11(2)17-15(16-3)18-14/h5-8H,4,9-10H2,1-3H3,(H2,16,17,18). The van der Waals surface area contributed by atoms with Crippen LogP contribution in [-0.4, -0.2) is 17.0 Å². The monoisotopic (exact) mass is 243 g/mol. The minimum atomic E-state index is 0.851. The zero-order valence-corrected chi connectivity index (χ0v) is 11.4. The zero-order chi connectivity index (χ0) is 13.0. The highest BCUT2D eigenvalue weighted by molar-refractivity contribution is 5.31. The van der Waals surface area contributed by atoms with Gasteiger partial charge in [-0.3, -0.25) is 0 Å². The van der Waals surface area contributed by atoms with E-state index in [1.54, 1.807) is 0 Å². The number of rotatable bonds is 5.